The van der Waals surface area contributed by atoms with Crippen molar-refractivity contribution in [3.63, 3.8) is 0 Å². The number of nitrogens with one attached hydrogen (secondary N) is 1. The Morgan fingerprint density at radius 3 is 2.95 bits per heavy atom. The summed E-state index contributed by atoms with van der Waals surface area (Å²) >= 11 is 1.47. The van der Waals surface area contributed by atoms with Gasteiger partial charge in [0.05, 0.1) is 5.69 Å². The maximum absolute atomic E-state index is 11.9. The molecule has 1 heterocycles. The summed E-state index contributed by atoms with van der Waals surface area (Å²) in [6, 6.07) is 5.91. The van der Waals surface area contributed by atoms with E-state index in [1.807, 2.05) is 37.4 Å². The number of carbonyl (C=O) groups excluding carboxylic acids is 1. The molecule has 1 amide bonds. The molecule has 1 aliphatic rings. The van der Waals surface area contributed by atoms with Gasteiger partial charge in [-0.2, -0.15) is 0 Å². The topological polar surface area (TPSA) is 51.2 Å². The number of hydrogen-bond acceptors (Lipinski definition) is 4. The molecule has 2 aromatic rings. The van der Waals surface area contributed by atoms with E-state index >= 15 is 0 Å². The van der Waals surface area contributed by atoms with E-state index in [4.69, 9.17) is 4.74 Å². The van der Waals surface area contributed by atoms with Crippen LogP contribution in [0.2, 0.25) is 0 Å². The zero-order chi connectivity index (χ0) is 14.8. The Balaban J connectivity index is 1.53. The van der Waals surface area contributed by atoms with Crippen molar-refractivity contribution in [2.75, 3.05) is 11.9 Å². The number of anilines is 1. The van der Waals surface area contributed by atoms with Gasteiger partial charge in [0, 0.05) is 11.3 Å². The minimum Gasteiger partial charge on any atom is -0.483 e. The highest BCUT2D eigenvalue weighted by molar-refractivity contribution is 7.13. The molecule has 1 N–H and O–H groups in total. The van der Waals surface area contributed by atoms with Crippen LogP contribution in [-0.4, -0.2) is 17.5 Å². The predicted octanol–water partition coefficient (Wildman–Crippen LogP) is 3.65. The summed E-state index contributed by atoms with van der Waals surface area (Å²) in [5, 5.41) is 5.47. The summed E-state index contributed by atoms with van der Waals surface area (Å²) in [6.07, 6.45) is 2.43. The van der Waals surface area contributed by atoms with Crippen molar-refractivity contribution >= 4 is 22.4 Å². The molecular weight excluding hydrogens is 284 g/mol. The van der Waals surface area contributed by atoms with E-state index in [0.717, 1.165) is 17.0 Å². The van der Waals surface area contributed by atoms with Gasteiger partial charge in [-0.25, -0.2) is 4.98 Å². The van der Waals surface area contributed by atoms with Crippen molar-refractivity contribution in [3.8, 4) is 5.75 Å². The summed E-state index contributed by atoms with van der Waals surface area (Å²) in [7, 11) is 0. The lowest BCUT2D eigenvalue weighted by atomic mass is 10.1. The molecule has 3 rings (SSSR count). The third-order valence-corrected chi connectivity index (χ3v) is 4.23. The first kappa shape index (κ1) is 14.1. The first-order valence-corrected chi connectivity index (χ1v) is 7.95. The van der Waals surface area contributed by atoms with E-state index in [0.29, 0.717) is 11.0 Å². The van der Waals surface area contributed by atoms with Crippen molar-refractivity contribution < 1.29 is 9.53 Å². The van der Waals surface area contributed by atoms with Crippen LogP contribution in [-0.2, 0) is 4.79 Å². The third kappa shape index (κ3) is 3.61. The second-order valence-electron chi connectivity index (χ2n) is 5.46. The molecule has 0 aliphatic heterocycles. The minimum absolute atomic E-state index is 0.00223. The highest BCUT2D eigenvalue weighted by atomic mass is 32.1. The van der Waals surface area contributed by atoms with E-state index in [9.17, 15) is 4.79 Å². The van der Waals surface area contributed by atoms with Crippen molar-refractivity contribution in [1.82, 2.24) is 4.98 Å². The molecule has 1 fully saturated rings. The van der Waals surface area contributed by atoms with Crippen LogP contribution in [0.5, 0.6) is 5.75 Å². The van der Waals surface area contributed by atoms with Gasteiger partial charge in [0.25, 0.3) is 5.91 Å². The molecule has 0 saturated heterocycles. The Morgan fingerprint density at radius 1 is 1.43 bits per heavy atom. The Bertz CT molecular complexity index is 662. The Morgan fingerprint density at radius 2 is 2.24 bits per heavy atom. The molecule has 0 spiro atoms. The summed E-state index contributed by atoms with van der Waals surface area (Å²) in [4.78, 5) is 16.3. The van der Waals surface area contributed by atoms with Gasteiger partial charge in [0.1, 0.15) is 5.75 Å². The summed E-state index contributed by atoms with van der Waals surface area (Å²) in [6.45, 7) is 4.01. The standard InChI is InChI=1S/C16H18N2O2S/c1-10-3-6-14(11(2)7-10)20-8-15(19)18-16-17-13(9-21-16)12-4-5-12/h3,6-7,9,12H,4-5,8H2,1-2H3,(H,17,18,19). The number of nitrogens with zero attached hydrogens (tertiary/aromatic N) is 1. The summed E-state index contributed by atoms with van der Waals surface area (Å²) < 4.78 is 5.56. The van der Waals surface area contributed by atoms with Crippen LogP contribution >= 0.6 is 11.3 Å². The number of hydrogen-bond donors (Lipinski definition) is 1. The largest absolute Gasteiger partial charge is 0.483 e. The molecule has 1 aromatic heterocycles. The van der Waals surface area contributed by atoms with Crippen LogP contribution in [0.3, 0.4) is 0 Å². The zero-order valence-corrected chi connectivity index (χ0v) is 13.0. The maximum Gasteiger partial charge on any atom is 0.264 e. The van der Waals surface area contributed by atoms with Crippen LogP contribution in [0, 0.1) is 13.8 Å². The lowest BCUT2D eigenvalue weighted by Gasteiger charge is -2.09. The van der Waals surface area contributed by atoms with Crippen molar-refractivity contribution in [2.45, 2.75) is 32.6 Å². The molecule has 4 nitrogen and oxygen atoms in total. The van der Waals surface area contributed by atoms with Gasteiger partial charge in [0.15, 0.2) is 11.7 Å². The van der Waals surface area contributed by atoms with E-state index in [2.05, 4.69) is 10.3 Å². The minimum atomic E-state index is -0.174. The van der Waals surface area contributed by atoms with Gasteiger partial charge in [0.2, 0.25) is 0 Å². The lowest BCUT2D eigenvalue weighted by molar-refractivity contribution is -0.118. The molecule has 21 heavy (non-hydrogen) atoms. The fourth-order valence-electron chi connectivity index (χ4n) is 2.17. The van der Waals surface area contributed by atoms with E-state index in [1.54, 1.807) is 0 Å². The predicted molar refractivity (Wildman–Crippen MR) is 84.1 cm³/mol. The van der Waals surface area contributed by atoms with Gasteiger partial charge >= 0.3 is 0 Å². The van der Waals surface area contributed by atoms with E-state index in [1.165, 1.54) is 29.7 Å². The number of amides is 1. The molecule has 1 saturated carbocycles. The number of carbonyl (C=O) groups is 1. The smallest absolute Gasteiger partial charge is 0.264 e. The van der Waals surface area contributed by atoms with Crippen LogP contribution in [0.25, 0.3) is 0 Å². The number of ether oxygens (including phenoxy) is 1. The van der Waals surface area contributed by atoms with Crippen LogP contribution in [0.4, 0.5) is 5.13 Å². The third-order valence-electron chi connectivity index (χ3n) is 3.45. The summed E-state index contributed by atoms with van der Waals surface area (Å²) in [5.41, 5.74) is 3.32. The quantitative estimate of drug-likeness (QED) is 0.917. The molecule has 0 bridgehead atoms. The number of aryl methyl sites for hydroxylation is 2. The second-order valence-corrected chi connectivity index (χ2v) is 6.32. The van der Waals surface area contributed by atoms with Gasteiger partial charge in [-0.05, 0) is 38.3 Å². The maximum atomic E-state index is 11.9. The SMILES string of the molecule is Cc1ccc(OCC(=O)Nc2nc(C3CC3)cs2)c(C)c1. The van der Waals surface area contributed by atoms with Crippen LogP contribution < -0.4 is 10.1 Å². The highest BCUT2D eigenvalue weighted by Crippen LogP contribution is 2.40. The van der Waals surface area contributed by atoms with Crippen LogP contribution in [0.1, 0.15) is 35.6 Å². The van der Waals surface area contributed by atoms with Gasteiger partial charge < -0.3 is 4.74 Å². The van der Waals surface area contributed by atoms with Gasteiger partial charge in [-0.1, -0.05) is 17.7 Å². The molecule has 0 atom stereocenters. The summed E-state index contributed by atoms with van der Waals surface area (Å²) in [5.74, 6) is 1.18. The van der Waals surface area contributed by atoms with E-state index < -0.39 is 0 Å². The first-order chi connectivity index (χ1) is 10.1. The number of thiazole rings is 1. The van der Waals surface area contributed by atoms with Crippen molar-refractivity contribution in [3.05, 3.63) is 40.4 Å². The second kappa shape index (κ2) is 5.85. The molecule has 0 radical (unpaired) electrons. The van der Waals surface area contributed by atoms with Gasteiger partial charge in [-0.15, -0.1) is 11.3 Å². The molecule has 110 valence electrons. The molecule has 5 heteroatoms. The number of aromatic nitrogens is 1. The van der Waals surface area contributed by atoms with Gasteiger partial charge in [-0.3, -0.25) is 10.1 Å². The Kier molecular flexibility index (Phi) is 3.92. The zero-order valence-electron chi connectivity index (χ0n) is 12.2. The number of rotatable bonds is 5. The molecule has 1 aromatic carbocycles. The normalized spacial score (nSPS) is 14.0. The average molecular weight is 302 g/mol. The highest BCUT2D eigenvalue weighted by Gasteiger charge is 2.26. The van der Waals surface area contributed by atoms with Crippen LogP contribution in [0.15, 0.2) is 23.6 Å². The van der Waals surface area contributed by atoms with Crippen molar-refractivity contribution in [1.29, 1.82) is 0 Å². The molecular formula is C16H18N2O2S. The lowest BCUT2D eigenvalue weighted by Crippen LogP contribution is -2.20. The Labute approximate surface area is 128 Å². The van der Waals surface area contributed by atoms with E-state index in [-0.39, 0.29) is 12.5 Å². The Hall–Kier alpha value is -1.88. The fraction of sp³-hybridized carbons (Fsp3) is 0.375. The average Bonchev–Trinajstić information content (AvgIpc) is 3.19. The fourth-order valence-corrected chi connectivity index (χ4v) is 2.98. The molecule has 1 aliphatic carbocycles. The molecule has 0 unspecified atom stereocenters. The first-order valence-electron chi connectivity index (χ1n) is 7.07. The van der Waals surface area contributed by atoms with Crippen molar-refractivity contribution in [2.24, 2.45) is 0 Å². The monoisotopic (exact) mass is 302 g/mol. The number of benzene rings is 1.